The summed E-state index contributed by atoms with van der Waals surface area (Å²) in [5.41, 5.74) is -0.939. The number of hydrogen-bond donors (Lipinski definition) is 2. The number of aliphatic carboxylic acids is 1. The highest BCUT2D eigenvalue weighted by molar-refractivity contribution is 5.78. The maximum Gasteiger partial charge on any atom is 0.310 e. The van der Waals surface area contributed by atoms with Crippen LogP contribution in [0.4, 0.5) is 0 Å². The second-order valence-electron chi connectivity index (χ2n) is 4.22. The molecule has 0 heterocycles. The minimum Gasteiger partial charge on any atom is -0.481 e. The van der Waals surface area contributed by atoms with Crippen molar-refractivity contribution in [3.05, 3.63) is 0 Å². The van der Waals surface area contributed by atoms with Crippen molar-refractivity contribution in [2.45, 2.75) is 33.3 Å². The van der Waals surface area contributed by atoms with E-state index in [4.69, 9.17) is 9.84 Å². The Labute approximate surface area is 89.8 Å². The van der Waals surface area contributed by atoms with E-state index in [0.717, 1.165) is 0 Å². The Bertz CT molecular complexity index is 238. The molecule has 15 heavy (non-hydrogen) atoms. The summed E-state index contributed by atoms with van der Waals surface area (Å²) < 4.78 is 4.92. The molecule has 88 valence electrons. The first-order valence-corrected chi connectivity index (χ1v) is 4.82. The molecule has 1 unspecified atom stereocenters. The molecule has 1 amide bonds. The SMILES string of the molecule is COC(C)CC(=O)NCC(C)(C)C(=O)O. The minimum absolute atomic E-state index is 0.123. The summed E-state index contributed by atoms with van der Waals surface area (Å²) in [7, 11) is 1.53. The van der Waals surface area contributed by atoms with E-state index in [-0.39, 0.29) is 25.0 Å². The molecule has 0 aromatic rings. The average molecular weight is 217 g/mol. The average Bonchev–Trinajstić information content (AvgIpc) is 2.14. The van der Waals surface area contributed by atoms with E-state index >= 15 is 0 Å². The molecule has 5 nitrogen and oxygen atoms in total. The van der Waals surface area contributed by atoms with Crippen LogP contribution in [0.5, 0.6) is 0 Å². The van der Waals surface area contributed by atoms with Crippen molar-refractivity contribution in [2.24, 2.45) is 5.41 Å². The van der Waals surface area contributed by atoms with Gasteiger partial charge in [0.25, 0.3) is 0 Å². The summed E-state index contributed by atoms with van der Waals surface area (Å²) in [5.74, 6) is -1.12. The normalized spacial score (nSPS) is 13.3. The Morgan fingerprint density at radius 2 is 2.00 bits per heavy atom. The predicted octanol–water partition coefficient (Wildman–Crippen LogP) is 0.638. The van der Waals surface area contributed by atoms with Crippen LogP contribution in [0.3, 0.4) is 0 Å². The highest BCUT2D eigenvalue weighted by atomic mass is 16.5. The van der Waals surface area contributed by atoms with Crippen LogP contribution >= 0.6 is 0 Å². The molecule has 0 spiro atoms. The number of amides is 1. The number of carboxylic acids is 1. The molecule has 0 aliphatic heterocycles. The first-order valence-electron chi connectivity index (χ1n) is 4.82. The summed E-state index contributed by atoms with van der Waals surface area (Å²) in [4.78, 5) is 22.0. The van der Waals surface area contributed by atoms with Crippen LogP contribution in [-0.4, -0.2) is 36.7 Å². The maximum atomic E-state index is 11.3. The maximum absolute atomic E-state index is 11.3. The monoisotopic (exact) mass is 217 g/mol. The molecule has 0 aromatic heterocycles. The van der Waals surface area contributed by atoms with Crippen LogP contribution in [0.2, 0.25) is 0 Å². The molecule has 0 aromatic carbocycles. The highest BCUT2D eigenvalue weighted by Crippen LogP contribution is 2.13. The predicted molar refractivity (Wildman–Crippen MR) is 55.5 cm³/mol. The van der Waals surface area contributed by atoms with Crippen molar-refractivity contribution < 1.29 is 19.4 Å². The van der Waals surface area contributed by atoms with E-state index in [2.05, 4.69) is 5.32 Å². The second kappa shape index (κ2) is 5.70. The van der Waals surface area contributed by atoms with Gasteiger partial charge in [-0.05, 0) is 20.8 Å². The molecule has 1 atom stereocenters. The smallest absolute Gasteiger partial charge is 0.310 e. The molecule has 0 rings (SSSR count). The van der Waals surface area contributed by atoms with Crippen LogP contribution in [0.15, 0.2) is 0 Å². The van der Waals surface area contributed by atoms with Gasteiger partial charge in [-0.1, -0.05) is 0 Å². The molecule has 0 bridgehead atoms. The molecule has 5 heteroatoms. The number of carbonyl (C=O) groups excluding carboxylic acids is 1. The second-order valence-corrected chi connectivity index (χ2v) is 4.22. The molecule has 0 aliphatic rings. The lowest BCUT2D eigenvalue weighted by molar-refractivity contribution is -0.146. The van der Waals surface area contributed by atoms with Gasteiger partial charge in [0.1, 0.15) is 0 Å². The largest absolute Gasteiger partial charge is 0.481 e. The van der Waals surface area contributed by atoms with Gasteiger partial charge in [0.15, 0.2) is 0 Å². The summed E-state index contributed by atoms with van der Waals surface area (Å²) in [5, 5.41) is 11.4. The van der Waals surface area contributed by atoms with Crippen LogP contribution in [0.1, 0.15) is 27.2 Å². The quantitative estimate of drug-likeness (QED) is 0.684. The zero-order valence-corrected chi connectivity index (χ0v) is 9.66. The van der Waals surface area contributed by atoms with Gasteiger partial charge < -0.3 is 15.2 Å². The molecule has 0 aliphatic carbocycles. The summed E-state index contributed by atoms with van der Waals surface area (Å²) >= 11 is 0. The lowest BCUT2D eigenvalue weighted by Crippen LogP contribution is -2.39. The van der Waals surface area contributed by atoms with E-state index in [1.165, 1.54) is 7.11 Å². The van der Waals surface area contributed by atoms with E-state index in [1.54, 1.807) is 20.8 Å². The van der Waals surface area contributed by atoms with Gasteiger partial charge in [-0.2, -0.15) is 0 Å². The third kappa shape index (κ3) is 5.37. The van der Waals surface area contributed by atoms with Crippen molar-refractivity contribution in [3.63, 3.8) is 0 Å². The third-order valence-electron chi connectivity index (χ3n) is 2.18. The van der Waals surface area contributed by atoms with E-state index in [1.807, 2.05) is 0 Å². The Kier molecular flexibility index (Phi) is 5.28. The van der Waals surface area contributed by atoms with Gasteiger partial charge >= 0.3 is 5.97 Å². The third-order valence-corrected chi connectivity index (χ3v) is 2.18. The van der Waals surface area contributed by atoms with Crippen molar-refractivity contribution in [3.8, 4) is 0 Å². The summed E-state index contributed by atoms with van der Waals surface area (Å²) in [6.07, 6.45) is 0.0876. The van der Waals surface area contributed by atoms with Gasteiger partial charge in [0.2, 0.25) is 5.91 Å². The van der Waals surface area contributed by atoms with Gasteiger partial charge in [0.05, 0.1) is 17.9 Å². The van der Waals surface area contributed by atoms with Gasteiger partial charge in [-0.3, -0.25) is 9.59 Å². The first-order chi connectivity index (χ1) is 6.79. The van der Waals surface area contributed by atoms with E-state index in [0.29, 0.717) is 0 Å². The van der Waals surface area contributed by atoms with Gasteiger partial charge in [-0.25, -0.2) is 0 Å². The molecular formula is C10H19NO4. The molecule has 2 N–H and O–H groups in total. The summed E-state index contributed by atoms with van der Waals surface area (Å²) in [6.45, 7) is 5.03. The zero-order valence-electron chi connectivity index (χ0n) is 9.66. The van der Waals surface area contributed by atoms with E-state index in [9.17, 15) is 9.59 Å². The van der Waals surface area contributed by atoms with Crippen LogP contribution < -0.4 is 5.32 Å². The Morgan fingerprint density at radius 3 is 2.40 bits per heavy atom. The fourth-order valence-corrected chi connectivity index (χ4v) is 0.812. The first kappa shape index (κ1) is 13.9. The van der Waals surface area contributed by atoms with Crippen LogP contribution in [-0.2, 0) is 14.3 Å². The highest BCUT2D eigenvalue weighted by Gasteiger charge is 2.27. The number of hydrogen-bond acceptors (Lipinski definition) is 3. The fraction of sp³-hybridized carbons (Fsp3) is 0.800. The Morgan fingerprint density at radius 1 is 1.47 bits per heavy atom. The van der Waals surface area contributed by atoms with Crippen molar-refractivity contribution in [1.29, 1.82) is 0 Å². The molecular weight excluding hydrogens is 198 g/mol. The molecule has 0 fully saturated rings. The number of carbonyl (C=O) groups is 2. The standard InChI is InChI=1S/C10H19NO4/c1-7(15-4)5-8(12)11-6-10(2,3)9(13)14/h7H,5-6H2,1-4H3,(H,11,12)(H,13,14). The Hall–Kier alpha value is -1.10. The van der Waals surface area contributed by atoms with Crippen molar-refractivity contribution in [2.75, 3.05) is 13.7 Å². The number of methoxy groups -OCH3 is 1. The summed E-state index contributed by atoms with van der Waals surface area (Å²) in [6, 6.07) is 0. The lowest BCUT2D eigenvalue weighted by atomic mass is 9.94. The molecule has 0 saturated heterocycles. The number of carboxylic acid groups (broad SMARTS) is 1. The Balaban J connectivity index is 3.96. The van der Waals surface area contributed by atoms with Crippen LogP contribution in [0, 0.1) is 5.41 Å². The molecule has 0 saturated carbocycles. The van der Waals surface area contributed by atoms with Crippen molar-refractivity contribution in [1.82, 2.24) is 5.32 Å². The van der Waals surface area contributed by atoms with Gasteiger partial charge in [-0.15, -0.1) is 0 Å². The molecule has 0 radical (unpaired) electrons. The minimum atomic E-state index is -0.939. The van der Waals surface area contributed by atoms with Crippen LogP contribution in [0.25, 0.3) is 0 Å². The van der Waals surface area contributed by atoms with Crippen molar-refractivity contribution >= 4 is 11.9 Å². The fourth-order valence-electron chi connectivity index (χ4n) is 0.812. The zero-order chi connectivity index (χ0) is 12.1. The lowest BCUT2D eigenvalue weighted by Gasteiger charge is -2.20. The number of ether oxygens (including phenoxy) is 1. The van der Waals surface area contributed by atoms with Gasteiger partial charge in [0, 0.05) is 13.7 Å². The van der Waals surface area contributed by atoms with E-state index < -0.39 is 11.4 Å². The number of rotatable bonds is 6. The number of nitrogens with one attached hydrogen (secondary N) is 1. The topological polar surface area (TPSA) is 75.6 Å².